The van der Waals surface area contributed by atoms with E-state index in [4.69, 9.17) is 0 Å². The summed E-state index contributed by atoms with van der Waals surface area (Å²) in [5.41, 5.74) is 0. The molecule has 0 N–H and O–H groups in total. The first-order valence-corrected chi connectivity index (χ1v) is 5.49. The molecule has 1 heteroatoms. The molecule has 0 amide bonds. The average Bonchev–Trinajstić information content (AvgIpc) is 2.77. The third-order valence-corrected chi connectivity index (χ3v) is 4.70. The van der Waals surface area contributed by atoms with E-state index in [1.165, 1.54) is 12.8 Å². The number of piperidine rings is 1. The lowest BCUT2D eigenvalue weighted by molar-refractivity contribution is 0.133. The van der Waals surface area contributed by atoms with Crippen LogP contribution in [0.2, 0.25) is 0 Å². The Hall–Kier alpha value is -0.0400. The Morgan fingerprint density at radius 1 is 1.08 bits per heavy atom. The monoisotopic (exact) mass is 165 g/mol. The molecule has 4 atom stereocenters. The topological polar surface area (TPSA) is 3.24 Å². The molecule has 2 saturated carbocycles. The number of hydrogen-bond acceptors (Lipinski definition) is 1. The largest absolute Gasteiger partial charge is 0.300 e. The summed E-state index contributed by atoms with van der Waals surface area (Å²) in [7, 11) is 2.32. The van der Waals surface area contributed by atoms with Crippen molar-refractivity contribution >= 4 is 0 Å². The molecule has 1 saturated heterocycles. The van der Waals surface area contributed by atoms with Gasteiger partial charge in [-0.25, -0.2) is 0 Å². The molecule has 3 rings (SSSR count). The van der Waals surface area contributed by atoms with Gasteiger partial charge >= 0.3 is 0 Å². The molecule has 2 aliphatic carbocycles. The molecule has 12 heavy (non-hydrogen) atoms. The van der Waals surface area contributed by atoms with Crippen molar-refractivity contribution in [3.8, 4) is 0 Å². The Morgan fingerprint density at radius 3 is 2.25 bits per heavy atom. The Morgan fingerprint density at radius 2 is 1.75 bits per heavy atom. The average molecular weight is 165 g/mol. The molecule has 0 aromatic rings. The van der Waals surface area contributed by atoms with Crippen LogP contribution in [0.1, 0.15) is 32.6 Å². The van der Waals surface area contributed by atoms with Gasteiger partial charge in [0.2, 0.25) is 0 Å². The highest BCUT2D eigenvalue weighted by molar-refractivity contribution is 5.04. The maximum absolute atomic E-state index is 2.61. The zero-order valence-corrected chi connectivity index (χ0v) is 8.16. The third kappa shape index (κ3) is 0.834. The fourth-order valence-electron chi connectivity index (χ4n) is 3.66. The number of likely N-dealkylation sites (tertiary alicyclic amines) is 1. The highest BCUT2D eigenvalue weighted by Gasteiger charge is 2.51. The predicted octanol–water partition coefficient (Wildman–Crippen LogP) is 2.13. The first-order valence-electron chi connectivity index (χ1n) is 5.49. The number of fused-ring (bicyclic) bond motifs is 2. The smallest absolute Gasteiger partial charge is 0.0101 e. The molecule has 0 aromatic heterocycles. The van der Waals surface area contributed by atoms with Crippen LogP contribution in [0.15, 0.2) is 0 Å². The van der Waals surface area contributed by atoms with E-state index in [1.54, 1.807) is 12.8 Å². The molecular weight excluding hydrogens is 146 g/mol. The highest BCUT2D eigenvalue weighted by atomic mass is 15.2. The van der Waals surface area contributed by atoms with E-state index in [0.29, 0.717) is 0 Å². The molecule has 1 unspecified atom stereocenters. The molecule has 2 bridgehead atoms. The lowest BCUT2D eigenvalue weighted by Gasteiger charge is -2.34. The zero-order chi connectivity index (χ0) is 8.29. The van der Waals surface area contributed by atoms with Gasteiger partial charge in [0.15, 0.2) is 0 Å². The van der Waals surface area contributed by atoms with Crippen molar-refractivity contribution in [2.24, 2.45) is 17.8 Å². The maximum atomic E-state index is 2.61. The van der Waals surface area contributed by atoms with E-state index < -0.39 is 0 Å². The van der Waals surface area contributed by atoms with Crippen LogP contribution >= 0.6 is 0 Å². The van der Waals surface area contributed by atoms with Gasteiger partial charge in [-0.2, -0.15) is 0 Å². The van der Waals surface area contributed by atoms with Gasteiger partial charge in [-0.05, 0) is 57.4 Å². The van der Waals surface area contributed by atoms with E-state index in [2.05, 4.69) is 18.9 Å². The van der Waals surface area contributed by atoms with Gasteiger partial charge in [0, 0.05) is 12.1 Å². The Balaban J connectivity index is 1.79. The maximum Gasteiger partial charge on any atom is 0.0101 e. The minimum atomic E-state index is 0.884. The summed E-state index contributed by atoms with van der Waals surface area (Å²) in [6.07, 6.45) is 6.13. The van der Waals surface area contributed by atoms with Crippen molar-refractivity contribution in [3.63, 3.8) is 0 Å². The second kappa shape index (κ2) is 2.25. The molecule has 68 valence electrons. The summed E-state index contributed by atoms with van der Waals surface area (Å²) in [5, 5.41) is 0. The fourth-order valence-corrected chi connectivity index (χ4v) is 3.66. The Kier molecular flexibility index (Phi) is 1.39. The van der Waals surface area contributed by atoms with Crippen LogP contribution in [0.4, 0.5) is 0 Å². The van der Waals surface area contributed by atoms with Crippen molar-refractivity contribution in [3.05, 3.63) is 0 Å². The van der Waals surface area contributed by atoms with Gasteiger partial charge < -0.3 is 4.90 Å². The Bertz CT molecular complexity index is 195. The number of nitrogens with zero attached hydrogens (tertiary/aromatic N) is 1. The van der Waals surface area contributed by atoms with Crippen LogP contribution in [0.3, 0.4) is 0 Å². The van der Waals surface area contributed by atoms with Crippen molar-refractivity contribution in [2.45, 2.75) is 44.7 Å². The first-order chi connectivity index (χ1) is 5.77. The summed E-state index contributed by atoms with van der Waals surface area (Å²) < 4.78 is 0. The Labute approximate surface area is 75.1 Å². The lowest BCUT2D eigenvalue weighted by atomic mass is 9.85. The molecule has 1 heterocycles. The van der Waals surface area contributed by atoms with Gasteiger partial charge in [-0.15, -0.1) is 0 Å². The van der Waals surface area contributed by atoms with Crippen LogP contribution in [0.25, 0.3) is 0 Å². The summed E-state index contributed by atoms with van der Waals surface area (Å²) in [5.74, 6) is 3.34. The predicted molar refractivity (Wildman–Crippen MR) is 50.0 cm³/mol. The van der Waals surface area contributed by atoms with Crippen LogP contribution in [0.5, 0.6) is 0 Å². The quantitative estimate of drug-likeness (QED) is 0.575. The van der Waals surface area contributed by atoms with Crippen molar-refractivity contribution in [1.82, 2.24) is 4.90 Å². The summed E-state index contributed by atoms with van der Waals surface area (Å²) in [4.78, 5) is 2.61. The fraction of sp³-hybridized carbons (Fsp3) is 1.00. The van der Waals surface area contributed by atoms with E-state index in [1.807, 2.05) is 0 Å². The van der Waals surface area contributed by atoms with Crippen LogP contribution < -0.4 is 0 Å². The summed E-state index contributed by atoms with van der Waals surface area (Å²) in [6.45, 7) is 2.43. The number of rotatable bonds is 1. The molecule has 3 fully saturated rings. The van der Waals surface area contributed by atoms with E-state index in [0.717, 1.165) is 29.8 Å². The molecule has 0 spiro atoms. The minimum Gasteiger partial charge on any atom is -0.300 e. The second-order valence-corrected chi connectivity index (χ2v) is 5.20. The highest BCUT2D eigenvalue weighted by Crippen LogP contribution is 2.54. The first kappa shape index (κ1) is 7.37. The normalized spacial score (nSPS) is 53.5. The summed E-state index contributed by atoms with van der Waals surface area (Å²) in [6, 6.07) is 1.84. The van der Waals surface area contributed by atoms with Gasteiger partial charge in [0.1, 0.15) is 0 Å². The van der Waals surface area contributed by atoms with Gasteiger partial charge in [0.05, 0.1) is 0 Å². The van der Waals surface area contributed by atoms with Gasteiger partial charge in [-0.1, -0.05) is 0 Å². The molecule has 0 aromatic carbocycles. The minimum absolute atomic E-state index is 0.884. The lowest BCUT2D eigenvalue weighted by Crippen LogP contribution is -2.39. The zero-order valence-electron chi connectivity index (χ0n) is 8.16. The van der Waals surface area contributed by atoms with Crippen LogP contribution in [-0.2, 0) is 0 Å². The van der Waals surface area contributed by atoms with Crippen molar-refractivity contribution in [2.75, 3.05) is 7.05 Å². The van der Waals surface area contributed by atoms with E-state index >= 15 is 0 Å². The molecule has 3 aliphatic rings. The molecule has 0 radical (unpaired) electrons. The second-order valence-electron chi connectivity index (χ2n) is 5.20. The van der Waals surface area contributed by atoms with Crippen LogP contribution in [0, 0.1) is 17.8 Å². The summed E-state index contributed by atoms with van der Waals surface area (Å²) >= 11 is 0. The third-order valence-electron chi connectivity index (χ3n) is 4.70. The van der Waals surface area contributed by atoms with E-state index in [-0.39, 0.29) is 0 Å². The molecule has 1 nitrogen and oxygen atoms in total. The van der Waals surface area contributed by atoms with Gasteiger partial charge in [0.25, 0.3) is 0 Å². The standard InChI is InChI=1S/C11H19N/c1-7-10-5-9(12(7)2)6-11(10)8-3-4-8/h7-11H,3-6H2,1-2H3/t7-,9+,10+,11?/m1/s1. The SMILES string of the molecule is C[C@@H]1[C@@H]2C[C@@H](CC2C2CC2)N1C. The molecular formula is C11H19N. The van der Waals surface area contributed by atoms with Crippen molar-refractivity contribution < 1.29 is 0 Å². The number of hydrogen-bond donors (Lipinski definition) is 0. The van der Waals surface area contributed by atoms with Gasteiger partial charge in [-0.3, -0.25) is 0 Å². The van der Waals surface area contributed by atoms with Crippen LogP contribution in [-0.4, -0.2) is 24.0 Å². The molecule has 1 aliphatic heterocycles. The van der Waals surface area contributed by atoms with Crippen molar-refractivity contribution in [1.29, 1.82) is 0 Å². The van der Waals surface area contributed by atoms with E-state index in [9.17, 15) is 0 Å².